The van der Waals surface area contributed by atoms with E-state index in [0.29, 0.717) is 5.15 Å². The lowest BCUT2D eigenvalue weighted by molar-refractivity contribution is 0.282. The van der Waals surface area contributed by atoms with E-state index in [2.05, 4.69) is 32.6 Å². The lowest BCUT2D eigenvalue weighted by Gasteiger charge is -2.40. The van der Waals surface area contributed by atoms with Crippen LogP contribution < -0.4 is 4.90 Å². The molecule has 1 saturated heterocycles. The van der Waals surface area contributed by atoms with Crippen molar-refractivity contribution in [1.82, 2.24) is 13.6 Å². The first-order valence-electron chi connectivity index (χ1n) is 4.54. The van der Waals surface area contributed by atoms with E-state index in [4.69, 9.17) is 11.6 Å². The van der Waals surface area contributed by atoms with Gasteiger partial charge in [0.15, 0.2) is 11.0 Å². The summed E-state index contributed by atoms with van der Waals surface area (Å²) in [5.74, 6) is 1.59. The van der Waals surface area contributed by atoms with Gasteiger partial charge >= 0.3 is 0 Å². The maximum absolute atomic E-state index is 5.89. The summed E-state index contributed by atoms with van der Waals surface area (Å²) in [6.45, 7) is 3.22. The van der Waals surface area contributed by atoms with E-state index in [1.165, 1.54) is 11.7 Å². The number of rotatable bonds is 3. The number of anilines is 1. The smallest absolute Gasteiger partial charge is 0.187 e. The van der Waals surface area contributed by atoms with E-state index in [1.807, 2.05) is 0 Å². The monoisotopic (exact) mass is 232 g/mol. The van der Waals surface area contributed by atoms with Crippen LogP contribution in [-0.4, -0.2) is 47.4 Å². The summed E-state index contributed by atoms with van der Waals surface area (Å²) in [5, 5.41) is 0.540. The molecular formula is C8H13ClN4S. The van der Waals surface area contributed by atoms with Crippen molar-refractivity contribution in [1.29, 1.82) is 0 Å². The molecule has 2 rings (SSSR count). The van der Waals surface area contributed by atoms with Crippen molar-refractivity contribution in [2.45, 2.75) is 0 Å². The number of hydrogen-bond acceptors (Lipinski definition) is 5. The van der Waals surface area contributed by atoms with E-state index in [-0.39, 0.29) is 0 Å². The maximum atomic E-state index is 5.89. The van der Waals surface area contributed by atoms with Crippen LogP contribution in [0.3, 0.4) is 0 Å². The van der Waals surface area contributed by atoms with E-state index in [1.54, 1.807) is 0 Å². The molecule has 0 N–H and O–H groups in total. The normalized spacial score (nSPS) is 17.6. The quantitative estimate of drug-likeness (QED) is 0.784. The average molecular weight is 233 g/mol. The molecule has 1 fully saturated rings. The van der Waals surface area contributed by atoms with Crippen molar-refractivity contribution in [2.75, 3.05) is 38.6 Å². The fourth-order valence-electron chi connectivity index (χ4n) is 1.74. The van der Waals surface area contributed by atoms with Gasteiger partial charge < -0.3 is 9.80 Å². The van der Waals surface area contributed by atoms with Crippen LogP contribution in [0.25, 0.3) is 0 Å². The van der Waals surface area contributed by atoms with Crippen LogP contribution in [0.15, 0.2) is 0 Å². The summed E-state index contributed by atoms with van der Waals surface area (Å²) in [6, 6.07) is 0. The van der Waals surface area contributed by atoms with Gasteiger partial charge in [-0.05, 0) is 14.1 Å². The van der Waals surface area contributed by atoms with Gasteiger partial charge in [0.2, 0.25) is 0 Å². The summed E-state index contributed by atoms with van der Waals surface area (Å²) >= 11 is 7.06. The Morgan fingerprint density at radius 3 is 2.71 bits per heavy atom. The third-order valence-electron chi connectivity index (χ3n) is 2.31. The first kappa shape index (κ1) is 10.1. The first-order valence-corrected chi connectivity index (χ1v) is 5.65. The van der Waals surface area contributed by atoms with Crippen LogP contribution in [0.1, 0.15) is 0 Å². The molecule has 0 aliphatic carbocycles. The summed E-state index contributed by atoms with van der Waals surface area (Å²) < 4.78 is 8.11. The van der Waals surface area contributed by atoms with Crippen LogP contribution in [-0.2, 0) is 0 Å². The van der Waals surface area contributed by atoms with Crippen molar-refractivity contribution in [3.8, 4) is 0 Å². The molecule has 2 heterocycles. The van der Waals surface area contributed by atoms with Crippen molar-refractivity contribution in [2.24, 2.45) is 5.92 Å². The Bertz CT molecular complexity index is 308. The Morgan fingerprint density at radius 1 is 1.50 bits per heavy atom. The van der Waals surface area contributed by atoms with Gasteiger partial charge in [0.25, 0.3) is 0 Å². The summed E-state index contributed by atoms with van der Waals surface area (Å²) in [7, 11) is 4.19. The number of aromatic nitrogens is 2. The van der Waals surface area contributed by atoms with Crippen LogP contribution in [0, 0.1) is 5.92 Å². The molecule has 1 aliphatic rings. The SMILES string of the molecule is CN(C)CC1CN(c2nsnc2Cl)C1. The fourth-order valence-corrected chi connectivity index (χ4v) is 2.51. The van der Waals surface area contributed by atoms with Gasteiger partial charge in [0.1, 0.15) is 0 Å². The van der Waals surface area contributed by atoms with Gasteiger partial charge in [0.05, 0.1) is 11.7 Å². The molecule has 0 spiro atoms. The van der Waals surface area contributed by atoms with Gasteiger partial charge in [-0.25, -0.2) is 0 Å². The number of nitrogens with zero attached hydrogens (tertiary/aromatic N) is 4. The molecule has 78 valence electrons. The third kappa shape index (κ3) is 1.99. The Hall–Kier alpha value is -0.390. The van der Waals surface area contributed by atoms with Crippen LogP contribution in [0.4, 0.5) is 5.82 Å². The maximum Gasteiger partial charge on any atom is 0.187 e. The van der Waals surface area contributed by atoms with Crippen molar-refractivity contribution >= 4 is 29.1 Å². The molecule has 6 heteroatoms. The Kier molecular flexibility index (Phi) is 2.90. The minimum atomic E-state index is 0.540. The zero-order chi connectivity index (χ0) is 10.1. The van der Waals surface area contributed by atoms with Crippen molar-refractivity contribution in [3.05, 3.63) is 5.15 Å². The first-order chi connectivity index (χ1) is 6.66. The Morgan fingerprint density at radius 2 is 2.21 bits per heavy atom. The third-order valence-corrected chi connectivity index (χ3v) is 3.19. The van der Waals surface area contributed by atoms with Crippen molar-refractivity contribution in [3.63, 3.8) is 0 Å². The molecule has 0 aromatic carbocycles. The van der Waals surface area contributed by atoms with Crippen LogP contribution >= 0.6 is 23.3 Å². The van der Waals surface area contributed by atoms with E-state index < -0.39 is 0 Å². The lowest BCUT2D eigenvalue weighted by Crippen LogP contribution is -2.50. The highest BCUT2D eigenvalue weighted by Gasteiger charge is 2.30. The van der Waals surface area contributed by atoms with Crippen molar-refractivity contribution < 1.29 is 0 Å². The topological polar surface area (TPSA) is 32.3 Å². The van der Waals surface area contributed by atoms with Crippen LogP contribution in [0.5, 0.6) is 0 Å². The van der Waals surface area contributed by atoms with Gasteiger partial charge in [-0.1, -0.05) is 11.6 Å². The molecule has 0 unspecified atom stereocenters. The molecule has 1 aliphatic heterocycles. The molecular weight excluding hydrogens is 220 g/mol. The Labute approximate surface area is 92.8 Å². The zero-order valence-electron chi connectivity index (χ0n) is 8.27. The number of hydrogen-bond donors (Lipinski definition) is 0. The summed E-state index contributed by atoms with van der Waals surface area (Å²) in [5.41, 5.74) is 0. The van der Waals surface area contributed by atoms with Crippen LogP contribution in [0.2, 0.25) is 5.15 Å². The van der Waals surface area contributed by atoms with Gasteiger partial charge in [-0.3, -0.25) is 0 Å². The zero-order valence-corrected chi connectivity index (χ0v) is 9.85. The van der Waals surface area contributed by atoms with Gasteiger partial charge in [-0.15, -0.1) is 0 Å². The molecule has 4 nitrogen and oxygen atoms in total. The fraction of sp³-hybridized carbons (Fsp3) is 0.750. The molecule has 1 aromatic heterocycles. The highest BCUT2D eigenvalue weighted by Crippen LogP contribution is 2.29. The molecule has 0 radical (unpaired) electrons. The van der Waals surface area contributed by atoms with E-state index in [0.717, 1.165) is 31.4 Å². The molecule has 0 amide bonds. The van der Waals surface area contributed by atoms with Gasteiger partial charge in [-0.2, -0.15) is 8.75 Å². The molecule has 0 atom stereocenters. The minimum Gasteiger partial charge on any atom is -0.352 e. The molecule has 14 heavy (non-hydrogen) atoms. The van der Waals surface area contributed by atoms with E-state index >= 15 is 0 Å². The average Bonchev–Trinajstić information content (AvgIpc) is 2.42. The summed E-state index contributed by atoms with van der Waals surface area (Å²) in [4.78, 5) is 4.39. The standard InChI is InChI=1S/C8H13ClN4S/c1-12(2)3-6-4-13(5-6)8-7(9)10-14-11-8/h6H,3-5H2,1-2H3. The highest BCUT2D eigenvalue weighted by molar-refractivity contribution is 6.99. The highest BCUT2D eigenvalue weighted by atomic mass is 35.5. The second-order valence-electron chi connectivity index (χ2n) is 3.91. The van der Waals surface area contributed by atoms with E-state index in [9.17, 15) is 0 Å². The summed E-state index contributed by atoms with van der Waals surface area (Å²) in [6.07, 6.45) is 0. The largest absolute Gasteiger partial charge is 0.352 e. The predicted molar refractivity (Wildman–Crippen MR) is 59.2 cm³/mol. The number of halogens is 1. The Balaban J connectivity index is 1.86. The second-order valence-corrected chi connectivity index (χ2v) is 4.80. The lowest BCUT2D eigenvalue weighted by atomic mass is 10.0. The minimum absolute atomic E-state index is 0.540. The molecule has 0 bridgehead atoms. The molecule has 0 saturated carbocycles. The van der Waals surface area contributed by atoms with Gasteiger partial charge in [0, 0.05) is 25.6 Å². The second kappa shape index (κ2) is 4.00. The predicted octanol–water partition coefficient (Wildman–Crippen LogP) is 1.19. The molecule has 1 aromatic rings.